The highest BCUT2D eigenvalue weighted by Crippen LogP contribution is 2.22. The average Bonchev–Trinajstić information content (AvgIpc) is 2.99. The van der Waals surface area contributed by atoms with E-state index in [0.717, 1.165) is 35.7 Å². The number of hydrogen-bond donors (Lipinski definition) is 1. The number of hydrogen-bond acceptors (Lipinski definition) is 5. The van der Waals surface area contributed by atoms with Crippen LogP contribution >= 0.6 is 22.9 Å². The van der Waals surface area contributed by atoms with Crippen LogP contribution in [0.1, 0.15) is 36.0 Å². The Morgan fingerprint density at radius 2 is 2.18 bits per heavy atom. The number of unbranched alkanes of at least 4 members (excludes halogenated alkanes) is 1. The molecule has 0 atom stereocenters. The van der Waals surface area contributed by atoms with Crippen LogP contribution in [-0.4, -0.2) is 25.9 Å². The Morgan fingerprint density at radius 3 is 2.82 bits per heavy atom. The molecule has 2 aromatic rings. The highest BCUT2D eigenvalue weighted by molar-refractivity contribution is 7.15. The number of nitrogens with zero attached hydrogens (tertiary/aromatic N) is 4. The standard InChI is InChI=1S/C14H18ClN5OS/c1-4-5-8-20-13(15)11(9(2)19-20)6-7-12(21)16-14-18-17-10(3)22-14/h6-7H,4-5,8H2,1-3H3,(H,16,18,21)/b7-6+. The number of amides is 1. The number of aryl methyl sites for hydroxylation is 3. The average molecular weight is 340 g/mol. The Balaban J connectivity index is 2.06. The van der Waals surface area contributed by atoms with Crippen LogP contribution in [-0.2, 0) is 11.3 Å². The summed E-state index contributed by atoms with van der Waals surface area (Å²) in [5.74, 6) is -0.270. The smallest absolute Gasteiger partial charge is 0.250 e. The molecule has 0 aliphatic rings. The normalized spacial score (nSPS) is 11.3. The zero-order chi connectivity index (χ0) is 16.1. The molecule has 118 valence electrons. The van der Waals surface area contributed by atoms with Crippen molar-refractivity contribution < 1.29 is 4.79 Å². The molecule has 0 aromatic carbocycles. The summed E-state index contributed by atoms with van der Waals surface area (Å²) in [6.07, 6.45) is 5.19. The minimum absolute atomic E-state index is 0.270. The molecule has 0 unspecified atom stereocenters. The first-order valence-corrected chi connectivity index (χ1v) is 8.22. The molecular formula is C14H18ClN5OS. The molecule has 1 amide bonds. The van der Waals surface area contributed by atoms with Gasteiger partial charge in [-0.15, -0.1) is 10.2 Å². The summed E-state index contributed by atoms with van der Waals surface area (Å²) < 4.78 is 1.77. The Bertz CT molecular complexity index is 691. The van der Waals surface area contributed by atoms with Gasteiger partial charge < -0.3 is 0 Å². The topological polar surface area (TPSA) is 72.7 Å². The van der Waals surface area contributed by atoms with Gasteiger partial charge in [-0.2, -0.15) is 5.10 Å². The van der Waals surface area contributed by atoms with E-state index in [0.29, 0.717) is 10.3 Å². The largest absolute Gasteiger partial charge is 0.297 e. The van der Waals surface area contributed by atoms with Crippen LogP contribution in [0.4, 0.5) is 5.13 Å². The Morgan fingerprint density at radius 1 is 1.41 bits per heavy atom. The van der Waals surface area contributed by atoms with E-state index in [1.165, 1.54) is 17.4 Å². The Labute approximate surface area is 138 Å². The predicted molar refractivity (Wildman–Crippen MR) is 89.2 cm³/mol. The van der Waals surface area contributed by atoms with E-state index >= 15 is 0 Å². The molecule has 0 spiro atoms. The van der Waals surface area contributed by atoms with E-state index in [9.17, 15) is 4.79 Å². The molecule has 0 radical (unpaired) electrons. The van der Waals surface area contributed by atoms with E-state index < -0.39 is 0 Å². The van der Waals surface area contributed by atoms with Crippen molar-refractivity contribution in [3.8, 4) is 0 Å². The lowest BCUT2D eigenvalue weighted by molar-refractivity contribution is -0.111. The highest BCUT2D eigenvalue weighted by atomic mass is 35.5. The summed E-state index contributed by atoms with van der Waals surface area (Å²) in [6.45, 7) is 6.60. The quantitative estimate of drug-likeness (QED) is 0.818. The summed E-state index contributed by atoms with van der Waals surface area (Å²) in [5, 5.41) is 16.6. The molecule has 0 bridgehead atoms. The molecule has 0 aliphatic heterocycles. The van der Waals surface area contributed by atoms with Crippen molar-refractivity contribution in [3.05, 3.63) is 27.5 Å². The summed E-state index contributed by atoms with van der Waals surface area (Å²) in [5.41, 5.74) is 1.57. The molecule has 22 heavy (non-hydrogen) atoms. The molecule has 2 rings (SSSR count). The molecule has 1 N–H and O–H groups in total. The summed E-state index contributed by atoms with van der Waals surface area (Å²) >= 11 is 7.64. The summed E-state index contributed by atoms with van der Waals surface area (Å²) in [7, 11) is 0. The highest BCUT2D eigenvalue weighted by Gasteiger charge is 2.11. The second-order valence-corrected chi connectivity index (χ2v) is 6.36. The minimum Gasteiger partial charge on any atom is -0.297 e. The third kappa shape index (κ3) is 4.14. The maximum Gasteiger partial charge on any atom is 0.250 e. The van der Waals surface area contributed by atoms with E-state index in [1.807, 2.05) is 13.8 Å². The number of nitrogens with one attached hydrogen (secondary N) is 1. The molecule has 0 aliphatic carbocycles. The Kier molecular flexibility index (Phi) is 5.68. The molecule has 6 nitrogen and oxygen atoms in total. The molecule has 2 aromatic heterocycles. The van der Waals surface area contributed by atoms with Gasteiger partial charge in [-0.3, -0.25) is 14.8 Å². The number of anilines is 1. The van der Waals surface area contributed by atoms with E-state index in [2.05, 4.69) is 27.5 Å². The third-order valence-electron chi connectivity index (χ3n) is 2.99. The van der Waals surface area contributed by atoms with Gasteiger partial charge in [0.1, 0.15) is 10.2 Å². The van der Waals surface area contributed by atoms with Gasteiger partial charge in [-0.1, -0.05) is 36.3 Å². The van der Waals surface area contributed by atoms with Crippen molar-refractivity contribution in [1.29, 1.82) is 0 Å². The van der Waals surface area contributed by atoms with E-state index in [1.54, 1.807) is 10.8 Å². The SMILES string of the molecule is CCCCn1nc(C)c(/C=C/C(=O)Nc2nnc(C)s2)c1Cl. The zero-order valence-electron chi connectivity index (χ0n) is 12.8. The van der Waals surface area contributed by atoms with Gasteiger partial charge >= 0.3 is 0 Å². The van der Waals surface area contributed by atoms with Gasteiger partial charge in [0, 0.05) is 18.2 Å². The number of carbonyl (C=O) groups excluding carboxylic acids is 1. The molecule has 0 saturated carbocycles. The molecule has 0 fully saturated rings. The first kappa shape index (κ1) is 16.6. The van der Waals surface area contributed by atoms with Crippen LogP contribution in [0.25, 0.3) is 6.08 Å². The van der Waals surface area contributed by atoms with Gasteiger partial charge in [0.25, 0.3) is 0 Å². The van der Waals surface area contributed by atoms with Gasteiger partial charge in [-0.25, -0.2) is 0 Å². The summed E-state index contributed by atoms with van der Waals surface area (Å²) in [4.78, 5) is 11.9. The molecule has 0 saturated heterocycles. The van der Waals surface area contributed by atoms with Gasteiger partial charge in [-0.05, 0) is 26.3 Å². The molecule has 8 heteroatoms. The fraction of sp³-hybridized carbons (Fsp3) is 0.429. The van der Waals surface area contributed by atoms with Gasteiger partial charge in [0.05, 0.1) is 5.69 Å². The van der Waals surface area contributed by atoms with Crippen LogP contribution in [0.15, 0.2) is 6.08 Å². The fourth-order valence-electron chi connectivity index (χ4n) is 1.87. The van der Waals surface area contributed by atoms with Crippen LogP contribution in [0.3, 0.4) is 0 Å². The number of carbonyl (C=O) groups is 1. The van der Waals surface area contributed by atoms with Crippen molar-refractivity contribution in [2.75, 3.05) is 5.32 Å². The van der Waals surface area contributed by atoms with Gasteiger partial charge in [0.2, 0.25) is 11.0 Å². The lowest BCUT2D eigenvalue weighted by Gasteiger charge is -2.00. The van der Waals surface area contributed by atoms with E-state index in [-0.39, 0.29) is 5.91 Å². The van der Waals surface area contributed by atoms with Crippen LogP contribution < -0.4 is 5.32 Å². The van der Waals surface area contributed by atoms with Crippen molar-refractivity contribution in [2.24, 2.45) is 0 Å². The molecule has 2 heterocycles. The van der Waals surface area contributed by atoms with Crippen LogP contribution in [0.2, 0.25) is 5.15 Å². The third-order valence-corrected chi connectivity index (χ3v) is 4.14. The van der Waals surface area contributed by atoms with E-state index in [4.69, 9.17) is 11.6 Å². The zero-order valence-corrected chi connectivity index (χ0v) is 14.3. The van der Waals surface area contributed by atoms with Crippen LogP contribution in [0, 0.1) is 13.8 Å². The second-order valence-electron chi connectivity index (χ2n) is 4.82. The minimum atomic E-state index is -0.270. The second kappa shape index (κ2) is 7.51. The lowest BCUT2D eigenvalue weighted by Crippen LogP contribution is -2.07. The van der Waals surface area contributed by atoms with Crippen molar-refractivity contribution in [2.45, 2.75) is 40.2 Å². The van der Waals surface area contributed by atoms with Crippen molar-refractivity contribution in [1.82, 2.24) is 20.0 Å². The maximum atomic E-state index is 11.9. The Hall–Kier alpha value is -1.73. The maximum absolute atomic E-state index is 11.9. The van der Waals surface area contributed by atoms with Gasteiger partial charge in [0.15, 0.2) is 0 Å². The molecular weight excluding hydrogens is 322 g/mol. The number of rotatable bonds is 6. The lowest BCUT2D eigenvalue weighted by atomic mass is 10.2. The predicted octanol–water partition coefficient (Wildman–Crippen LogP) is 3.46. The first-order chi connectivity index (χ1) is 10.5. The number of aromatic nitrogens is 4. The first-order valence-electron chi connectivity index (χ1n) is 7.03. The monoisotopic (exact) mass is 339 g/mol. The fourth-order valence-corrected chi connectivity index (χ4v) is 2.78. The number of halogens is 1. The van der Waals surface area contributed by atoms with Crippen LogP contribution in [0.5, 0.6) is 0 Å². The van der Waals surface area contributed by atoms with Crippen molar-refractivity contribution >= 4 is 40.1 Å². The van der Waals surface area contributed by atoms with Crippen molar-refractivity contribution in [3.63, 3.8) is 0 Å². The summed E-state index contributed by atoms with van der Waals surface area (Å²) in [6, 6.07) is 0.